The third-order valence-electron chi connectivity index (χ3n) is 1.95. The van der Waals surface area contributed by atoms with Gasteiger partial charge >= 0.3 is 0 Å². The van der Waals surface area contributed by atoms with E-state index in [0.29, 0.717) is 0 Å². The molecule has 15 heavy (non-hydrogen) atoms. The number of alkyl halides is 2. The Balaban J connectivity index is 3.08. The van der Waals surface area contributed by atoms with E-state index in [1.807, 2.05) is 0 Å². The monoisotopic (exact) mass is 215 g/mol. The molecule has 0 saturated heterocycles. The third-order valence-corrected chi connectivity index (χ3v) is 1.95. The number of Topliss-reactive ketones (excluding diaryl/α,β-unsaturated/α-hetero) is 1. The Morgan fingerprint density at radius 2 is 2.07 bits per heavy atom. The zero-order valence-electron chi connectivity index (χ0n) is 8.08. The summed E-state index contributed by atoms with van der Waals surface area (Å²) in [6.07, 6.45) is -2.67. The van der Waals surface area contributed by atoms with Gasteiger partial charge in [0.1, 0.15) is 5.75 Å². The first-order chi connectivity index (χ1) is 6.93. The van der Waals surface area contributed by atoms with Gasteiger partial charge in [0, 0.05) is 5.56 Å². The van der Waals surface area contributed by atoms with Crippen LogP contribution < -0.4 is 5.73 Å². The first kappa shape index (κ1) is 11.6. The van der Waals surface area contributed by atoms with Crippen LogP contribution >= 0.6 is 0 Å². The van der Waals surface area contributed by atoms with Gasteiger partial charge in [-0.05, 0) is 19.1 Å². The van der Waals surface area contributed by atoms with Crippen molar-refractivity contribution in [1.82, 2.24) is 0 Å². The highest BCUT2D eigenvalue weighted by Crippen LogP contribution is 2.26. The molecule has 0 radical (unpaired) electrons. The minimum atomic E-state index is -2.67. The number of benzene rings is 1. The zero-order valence-corrected chi connectivity index (χ0v) is 8.08. The van der Waals surface area contributed by atoms with Gasteiger partial charge < -0.3 is 10.8 Å². The first-order valence-corrected chi connectivity index (χ1v) is 4.34. The summed E-state index contributed by atoms with van der Waals surface area (Å²) in [5.74, 6) is -0.941. The minimum absolute atomic E-state index is 0.0330. The summed E-state index contributed by atoms with van der Waals surface area (Å²) >= 11 is 0. The highest BCUT2D eigenvalue weighted by atomic mass is 19.3. The van der Waals surface area contributed by atoms with Gasteiger partial charge in [0.25, 0.3) is 6.43 Å². The Hall–Kier alpha value is -1.49. The van der Waals surface area contributed by atoms with Crippen LogP contribution in [0.4, 0.5) is 8.78 Å². The molecule has 1 aromatic rings. The number of phenolic OH excluding ortho intramolecular Hbond substituents is 1. The molecule has 1 unspecified atom stereocenters. The largest absolute Gasteiger partial charge is 0.507 e. The van der Waals surface area contributed by atoms with E-state index in [9.17, 15) is 18.7 Å². The third kappa shape index (κ3) is 2.50. The number of nitrogens with two attached hydrogens (primary N) is 1. The molecule has 0 amide bonds. The predicted octanol–water partition coefficient (Wildman–Crippen LogP) is 1.86. The van der Waals surface area contributed by atoms with E-state index in [1.165, 1.54) is 6.92 Å². The smallest absolute Gasteiger partial charge is 0.263 e. The van der Waals surface area contributed by atoms with Crippen molar-refractivity contribution >= 4 is 5.78 Å². The van der Waals surface area contributed by atoms with Crippen molar-refractivity contribution in [3.63, 3.8) is 0 Å². The predicted molar refractivity (Wildman–Crippen MR) is 51.0 cm³/mol. The quantitative estimate of drug-likeness (QED) is 0.756. The lowest BCUT2D eigenvalue weighted by molar-refractivity contribution is 0.0964. The van der Waals surface area contributed by atoms with Gasteiger partial charge in [-0.25, -0.2) is 8.78 Å². The lowest BCUT2D eigenvalue weighted by atomic mass is 10.0. The molecule has 0 spiro atoms. The Kier molecular flexibility index (Phi) is 3.36. The lowest BCUT2D eigenvalue weighted by Gasteiger charge is -2.08. The fourth-order valence-corrected chi connectivity index (χ4v) is 1.14. The first-order valence-electron chi connectivity index (χ1n) is 4.34. The summed E-state index contributed by atoms with van der Waals surface area (Å²) in [6, 6.07) is 2.36. The Labute approximate surface area is 85.5 Å². The molecule has 1 aromatic carbocycles. The van der Waals surface area contributed by atoms with Gasteiger partial charge in [0.15, 0.2) is 5.78 Å². The van der Waals surface area contributed by atoms with E-state index in [1.54, 1.807) is 0 Å². The molecule has 0 fully saturated rings. The van der Waals surface area contributed by atoms with Crippen molar-refractivity contribution in [3.8, 4) is 5.75 Å². The van der Waals surface area contributed by atoms with Crippen LogP contribution in [0.3, 0.4) is 0 Å². The molecule has 0 aromatic heterocycles. The second-order valence-corrected chi connectivity index (χ2v) is 3.23. The minimum Gasteiger partial charge on any atom is -0.507 e. The summed E-state index contributed by atoms with van der Waals surface area (Å²) in [5, 5.41) is 9.35. The van der Waals surface area contributed by atoms with Gasteiger partial charge in [0.05, 0.1) is 11.6 Å². The topological polar surface area (TPSA) is 63.3 Å². The zero-order chi connectivity index (χ0) is 11.6. The second kappa shape index (κ2) is 4.35. The number of halogens is 2. The number of carbonyl (C=O) groups is 1. The number of carbonyl (C=O) groups excluding carboxylic acids is 1. The van der Waals surface area contributed by atoms with E-state index in [0.717, 1.165) is 18.2 Å². The van der Waals surface area contributed by atoms with E-state index >= 15 is 0 Å². The number of ketones is 1. The van der Waals surface area contributed by atoms with Crippen LogP contribution in [0.15, 0.2) is 18.2 Å². The molecule has 0 aliphatic rings. The molecule has 0 heterocycles. The number of phenols is 1. The average Bonchev–Trinajstić information content (AvgIpc) is 2.16. The van der Waals surface area contributed by atoms with Gasteiger partial charge in [-0.15, -0.1) is 0 Å². The molecule has 1 rings (SSSR count). The molecular weight excluding hydrogens is 204 g/mol. The van der Waals surface area contributed by atoms with Crippen LogP contribution in [0.2, 0.25) is 0 Å². The Bertz CT molecular complexity index is 378. The molecule has 3 nitrogen and oxygen atoms in total. The molecule has 1 atom stereocenters. The van der Waals surface area contributed by atoms with Crippen LogP contribution in [-0.4, -0.2) is 16.9 Å². The van der Waals surface area contributed by atoms with Crippen molar-refractivity contribution in [3.05, 3.63) is 29.3 Å². The summed E-state index contributed by atoms with van der Waals surface area (Å²) in [6.45, 7) is 1.46. The average molecular weight is 215 g/mol. The number of rotatable bonds is 3. The summed E-state index contributed by atoms with van der Waals surface area (Å²) in [5.41, 5.74) is 4.97. The molecule has 0 saturated carbocycles. The van der Waals surface area contributed by atoms with Crippen molar-refractivity contribution in [2.75, 3.05) is 0 Å². The molecule has 3 N–H and O–H groups in total. The van der Waals surface area contributed by atoms with Gasteiger partial charge in [-0.2, -0.15) is 0 Å². The normalized spacial score (nSPS) is 12.9. The fraction of sp³-hybridized carbons (Fsp3) is 0.300. The SMILES string of the molecule is CC(N)C(=O)c1ccc(C(F)F)cc1O. The highest BCUT2D eigenvalue weighted by Gasteiger charge is 2.17. The maximum Gasteiger partial charge on any atom is 0.263 e. The standard InChI is InChI=1S/C10H11F2NO2/c1-5(13)9(15)7-3-2-6(10(11)12)4-8(7)14/h2-5,10,14H,13H2,1H3. The number of hydrogen-bond donors (Lipinski definition) is 2. The van der Waals surface area contributed by atoms with Crippen molar-refractivity contribution < 1.29 is 18.7 Å². The Morgan fingerprint density at radius 1 is 1.47 bits per heavy atom. The fourth-order valence-electron chi connectivity index (χ4n) is 1.14. The van der Waals surface area contributed by atoms with E-state index in [2.05, 4.69) is 0 Å². The van der Waals surface area contributed by atoms with Crippen molar-refractivity contribution in [1.29, 1.82) is 0 Å². The van der Waals surface area contributed by atoms with Gasteiger partial charge in [-0.1, -0.05) is 6.07 Å². The van der Waals surface area contributed by atoms with Gasteiger partial charge in [0.2, 0.25) is 0 Å². The van der Waals surface area contributed by atoms with Gasteiger partial charge in [-0.3, -0.25) is 4.79 Å². The summed E-state index contributed by atoms with van der Waals surface area (Å²) in [4.78, 5) is 11.4. The summed E-state index contributed by atoms with van der Waals surface area (Å²) in [7, 11) is 0. The van der Waals surface area contributed by atoms with Crippen LogP contribution in [0, 0.1) is 0 Å². The maximum atomic E-state index is 12.2. The maximum absolute atomic E-state index is 12.2. The molecule has 5 heteroatoms. The van der Waals surface area contributed by atoms with E-state index < -0.39 is 24.0 Å². The van der Waals surface area contributed by atoms with Crippen molar-refractivity contribution in [2.24, 2.45) is 5.73 Å². The second-order valence-electron chi connectivity index (χ2n) is 3.23. The van der Waals surface area contributed by atoms with E-state index in [4.69, 9.17) is 5.73 Å². The van der Waals surface area contributed by atoms with Crippen LogP contribution in [0.1, 0.15) is 29.3 Å². The lowest BCUT2D eigenvalue weighted by Crippen LogP contribution is -2.26. The van der Waals surface area contributed by atoms with E-state index in [-0.39, 0.29) is 11.1 Å². The Morgan fingerprint density at radius 3 is 2.47 bits per heavy atom. The van der Waals surface area contributed by atoms with Crippen LogP contribution in [-0.2, 0) is 0 Å². The molecule has 0 aliphatic carbocycles. The van der Waals surface area contributed by atoms with Crippen LogP contribution in [0.5, 0.6) is 5.75 Å². The summed E-state index contributed by atoms with van der Waals surface area (Å²) < 4.78 is 24.4. The molecular formula is C10H11F2NO2. The molecule has 0 aliphatic heterocycles. The molecule has 0 bridgehead atoms. The molecule has 82 valence electrons. The van der Waals surface area contributed by atoms with Crippen molar-refractivity contribution in [2.45, 2.75) is 19.4 Å². The van der Waals surface area contributed by atoms with Crippen LogP contribution in [0.25, 0.3) is 0 Å². The number of aromatic hydroxyl groups is 1. The number of hydrogen-bond acceptors (Lipinski definition) is 3. The highest BCUT2D eigenvalue weighted by molar-refractivity contribution is 6.01.